The highest BCUT2D eigenvalue weighted by Gasteiger charge is 2.57. The molecular weight excluding hydrogens is 256 g/mol. The van der Waals surface area contributed by atoms with E-state index >= 15 is 0 Å². The molecule has 0 bridgehead atoms. The van der Waals surface area contributed by atoms with Crippen LogP contribution in [0.15, 0.2) is 36.0 Å². The van der Waals surface area contributed by atoms with Gasteiger partial charge in [0.05, 0.1) is 0 Å². The van der Waals surface area contributed by atoms with Crippen molar-refractivity contribution in [1.82, 2.24) is 0 Å². The Morgan fingerprint density at radius 1 is 1.19 bits per heavy atom. The van der Waals surface area contributed by atoms with Crippen molar-refractivity contribution in [2.45, 2.75) is 46.0 Å². The molecule has 0 saturated heterocycles. The lowest BCUT2D eigenvalue weighted by atomic mass is 9.50. The van der Waals surface area contributed by atoms with Gasteiger partial charge in [-0.2, -0.15) is 0 Å². The molecule has 0 aliphatic heterocycles. The predicted octanol–water partition coefficient (Wildman–Crippen LogP) is 4.71. The zero-order chi connectivity index (χ0) is 14.7. The molecule has 0 N–H and O–H groups in total. The minimum atomic E-state index is 0.234. The molecule has 4 rings (SSSR count). The lowest BCUT2D eigenvalue weighted by Crippen LogP contribution is -2.47. The summed E-state index contributed by atoms with van der Waals surface area (Å²) in [7, 11) is 0. The molecule has 1 heteroatoms. The lowest BCUT2D eigenvalue weighted by molar-refractivity contribution is -0.116. The van der Waals surface area contributed by atoms with E-state index in [4.69, 9.17) is 0 Å². The van der Waals surface area contributed by atoms with Crippen LogP contribution in [-0.4, -0.2) is 6.29 Å². The summed E-state index contributed by atoms with van der Waals surface area (Å²) in [5, 5.41) is 0. The smallest absolute Gasteiger partial charge is 0.123 e. The molecule has 0 aromatic carbocycles. The summed E-state index contributed by atoms with van der Waals surface area (Å²) < 4.78 is 0. The molecule has 2 saturated carbocycles. The number of carbonyl (C=O) groups is 1. The zero-order valence-electron chi connectivity index (χ0n) is 13.2. The Balaban J connectivity index is 1.74. The molecule has 21 heavy (non-hydrogen) atoms. The van der Waals surface area contributed by atoms with Crippen LogP contribution >= 0.6 is 0 Å². The van der Waals surface area contributed by atoms with Crippen molar-refractivity contribution in [1.29, 1.82) is 0 Å². The fourth-order valence-corrected chi connectivity index (χ4v) is 6.05. The fraction of sp³-hybridized carbons (Fsp3) is 0.650. The molecule has 1 nitrogen and oxygen atoms in total. The maximum Gasteiger partial charge on any atom is 0.123 e. The highest BCUT2D eigenvalue weighted by Crippen LogP contribution is 2.64. The van der Waals surface area contributed by atoms with E-state index in [2.05, 4.69) is 44.2 Å². The lowest BCUT2D eigenvalue weighted by Gasteiger charge is -2.54. The Hall–Kier alpha value is -1.11. The average Bonchev–Trinajstić information content (AvgIpc) is 2.83. The maximum absolute atomic E-state index is 11.5. The van der Waals surface area contributed by atoms with Crippen molar-refractivity contribution in [3.63, 3.8) is 0 Å². The Labute approximate surface area is 128 Å². The van der Waals surface area contributed by atoms with E-state index in [0.29, 0.717) is 17.8 Å². The van der Waals surface area contributed by atoms with Crippen molar-refractivity contribution >= 4 is 6.29 Å². The summed E-state index contributed by atoms with van der Waals surface area (Å²) >= 11 is 0. The molecular formula is C20H26O. The molecule has 0 spiro atoms. The number of carbonyl (C=O) groups excluding carboxylic acids is 1. The summed E-state index contributed by atoms with van der Waals surface area (Å²) in [6.45, 7) is 4.82. The van der Waals surface area contributed by atoms with E-state index in [1.54, 1.807) is 0 Å². The van der Waals surface area contributed by atoms with E-state index in [1.165, 1.54) is 31.1 Å². The van der Waals surface area contributed by atoms with E-state index in [-0.39, 0.29) is 10.8 Å². The van der Waals surface area contributed by atoms with Crippen LogP contribution in [0.5, 0.6) is 0 Å². The van der Waals surface area contributed by atoms with Gasteiger partial charge >= 0.3 is 0 Å². The second-order valence-electron chi connectivity index (χ2n) is 8.09. The first kappa shape index (κ1) is 13.5. The Morgan fingerprint density at radius 2 is 2.05 bits per heavy atom. The van der Waals surface area contributed by atoms with E-state index in [1.807, 2.05) is 0 Å². The molecule has 0 heterocycles. The van der Waals surface area contributed by atoms with Crippen LogP contribution in [0.25, 0.3) is 0 Å². The van der Waals surface area contributed by atoms with Gasteiger partial charge in [0, 0.05) is 11.3 Å². The second-order valence-corrected chi connectivity index (χ2v) is 8.09. The molecule has 112 valence electrons. The number of hydrogen-bond acceptors (Lipinski definition) is 1. The number of rotatable bonds is 1. The van der Waals surface area contributed by atoms with E-state index in [0.717, 1.165) is 18.8 Å². The number of fused-ring (bicyclic) bond motifs is 5. The van der Waals surface area contributed by atoms with Crippen LogP contribution in [-0.2, 0) is 4.79 Å². The summed E-state index contributed by atoms with van der Waals surface area (Å²) in [6.07, 6.45) is 19.3. The van der Waals surface area contributed by atoms with Gasteiger partial charge in [-0.3, -0.25) is 0 Å². The van der Waals surface area contributed by atoms with E-state index in [9.17, 15) is 4.79 Å². The molecule has 0 radical (unpaired) electrons. The minimum Gasteiger partial charge on any atom is -0.303 e. The Bertz CT molecular complexity index is 554. The van der Waals surface area contributed by atoms with Crippen LogP contribution in [0.4, 0.5) is 0 Å². The van der Waals surface area contributed by atoms with E-state index < -0.39 is 0 Å². The highest BCUT2D eigenvalue weighted by atomic mass is 16.1. The molecule has 6 atom stereocenters. The molecule has 0 aromatic rings. The van der Waals surface area contributed by atoms with Crippen molar-refractivity contribution in [3.8, 4) is 0 Å². The highest BCUT2D eigenvalue weighted by molar-refractivity contribution is 5.56. The quantitative estimate of drug-likeness (QED) is 0.503. The van der Waals surface area contributed by atoms with Gasteiger partial charge in [0.25, 0.3) is 0 Å². The first-order valence-electron chi connectivity index (χ1n) is 8.61. The van der Waals surface area contributed by atoms with Gasteiger partial charge in [-0.25, -0.2) is 0 Å². The number of allylic oxidation sites excluding steroid dienone is 6. The normalized spacial score (nSPS) is 50.9. The van der Waals surface area contributed by atoms with Gasteiger partial charge in [0.15, 0.2) is 0 Å². The van der Waals surface area contributed by atoms with Gasteiger partial charge in [0.1, 0.15) is 6.29 Å². The predicted molar refractivity (Wildman–Crippen MR) is 85.7 cm³/mol. The average molecular weight is 282 g/mol. The summed E-state index contributed by atoms with van der Waals surface area (Å²) in [5.41, 5.74) is 2.02. The van der Waals surface area contributed by atoms with Gasteiger partial charge in [0.2, 0.25) is 0 Å². The van der Waals surface area contributed by atoms with Gasteiger partial charge in [-0.05, 0) is 60.8 Å². The largest absolute Gasteiger partial charge is 0.303 e. The maximum atomic E-state index is 11.5. The summed E-state index contributed by atoms with van der Waals surface area (Å²) in [5.74, 6) is 2.40. The topological polar surface area (TPSA) is 17.1 Å². The SMILES string of the molecule is C[C@]12C=CCC=C1C=C[C@@H]1[C@@H]2CC[C@]2(C)C(C=O)CC[C@@H]12. The standard InChI is InChI=1S/C20H26O/c1-19-11-4-3-5-14(19)6-8-16-17-9-7-15(13-21)20(17,2)12-10-18(16)19/h4-6,8,11,13,15-18H,3,7,9-10,12H2,1-2H3/t15?,16-,17-,18-,19-,20+/m0/s1. The van der Waals surface area contributed by atoms with Crippen molar-refractivity contribution in [3.05, 3.63) is 36.0 Å². The van der Waals surface area contributed by atoms with Crippen molar-refractivity contribution < 1.29 is 4.79 Å². The molecule has 0 aromatic heterocycles. The molecule has 4 aliphatic rings. The van der Waals surface area contributed by atoms with Crippen LogP contribution < -0.4 is 0 Å². The van der Waals surface area contributed by atoms with Gasteiger partial charge in [-0.15, -0.1) is 0 Å². The van der Waals surface area contributed by atoms with Crippen LogP contribution in [0.3, 0.4) is 0 Å². The van der Waals surface area contributed by atoms with Gasteiger partial charge < -0.3 is 4.79 Å². The van der Waals surface area contributed by atoms with Crippen LogP contribution in [0, 0.1) is 34.5 Å². The molecule has 1 unspecified atom stereocenters. The fourth-order valence-electron chi connectivity index (χ4n) is 6.05. The molecule has 4 aliphatic carbocycles. The summed E-state index contributed by atoms with van der Waals surface area (Å²) in [4.78, 5) is 11.5. The Kier molecular flexibility index (Phi) is 2.87. The zero-order valence-corrected chi connectivity index (χ0v) is 13.2. The second kappa shape index (κ2) is 4.44. The van der Waals surface area contributed by atoms with Crippen molar-refractivity contribution in [2.24, 2.45) is 34.5 Å². The van der Waals surface area contributed by atoms with Crippen LogP contribution in [0.2, 0.25) is 0 Å². The monoisotopic (exact) mass is 282 g/mol. The minimum absolute atomic E-state index is 0.234. The Morgan fingerprint density at radius 3 is 2.86 bits per heavy atom. The first-order valence-corrected chi connectivity index (χ1v) is 8.61. The first-order chi connectivity index (χ1) is 10.1. The van der Waals surface area contributed by atoms with Gasteiger partial charge in [-0.1, -0.05) is 44.2 Å². The molecule has 2 fully saturated rings. The number of aldehydes is 1. The van der Waals surface area contributed by atoms with Crippen LogP contribution in [0.1, 0.15) is 46.0 Å². The number of hydrogen-bond donors (Lipinski definition) is 0. The molecule has 0 amide bonds. The third kappa shape index (κ3) is 1.67. The summed E-state index contributed by atoms with van der Waals surface area (Å²) in [6, 6.07) is 0. The third-order valence-electron chi connectivity index (χ3n) is 7.40. The van der Waals surface area contributed by atoms with Crippen molar-refractivity contribution in [2.75, 3.05) is 0 Å². The third-order valence-corrected chi connectivity index (χ3v) is 7.40.